The molecular formula is C19H28N4O3. The number of carbonyl (C=O) groups is 3. The molecule has 2 rings (SSSR count). The van der Waals surface area contributed by atoms with E-state index in [-0.39, 0.29) is 36.7 Å². The SMILES string of the molecule is CNC(=O)C1CCN(CC(=O)NCC(=O)Nc2cccc(C)c2C)CC1. The third-order valence-electron chi connectivity index (χ3n) is 4.90. The van der Waals surface area contributed by atoms with Gasteiger partial charge in [0.2, 0.25) is 17.7 Å². The first-order valence-electron chi connectivity index (χ1n) is 8.97. The summed E-state index contributed by atoms with van der Waals surface area (Å²) >= 11 is 0. The minimum absolute atomic E-state index is 0.0302. The third-order valence-corrected chi connectivity index (χ3v) is 4.90. The summed E-state index contributed by atoms with van der Waals surface area (Å²) < 4.78 is 0. The first kappa shape index (κ1) is 19.9. The zero-order chi connectivity index (χ0) is 19.1. The fourth-order valence-electron chi connectivity index (χ4n) is 3.08. The molecule has 1 saturated heterocycles. The van der Waals surface area contributed by atoms with E-state index in [0.29, 0.717) is 13.1 Å². The van der Waals surface area contributed by atoms with Gasteiger partial charge in [-0.2, -0.15) is 0 Å². The molecule has 7 nitrogen and oxygen atoms in total. The summed E-state index contributed by atoms with van der Waals surface area (Å²) in [5.74, 6) is -0.329. The van der Waals surface area contributed by atoms with Gasteiger partial charge in [-0.05, 0) is 57.0 Å². The van der Waals surface area contributed by atoms with Crippen molar-refractivity contribution in [2.45, 2.75) is 26.7 Å². The molecule has 3 amide bonds. The molecule has 1 aliphatic rings. The van der Waals surface area contributed by atoms with Gasteiger partial charge in [0, 0.05) is 18.7 Å². The first-order chi connectivity index (χ1) is 12.4. The Morgan fingerprint density at radius 1 is 1.12 bits per heavy atom. The molecule has 0 bridgehead atoms. The largest absolute Gasteiger partial charge is 0.359 e. The molecule has 0 aromatic heterocycles. The number of hydrogen-bond acceptors (Lipinski definition) is 4. The Bertz CT molecular complexity index is 667. The van der Waals surface area contributed by atoms with Gasteiger partial charge in [0.15, 0.2) is 0 Å². The summed E-state index contributed by atoms with van der Waals surface area (Å²) in [5.41, 5.74) is 2.89. The van der Waals surface area contributed by atoms with Crippen LogP contribution in [0.4, 0.5) is 5.69 Å². The molecule has 0 radical (unpaired) electrons. The molecule has 1 heterocycles. The van der Waals surface area contributed by atoms with E-state index in [2.05, 4.69) is 16.0 Å². The summed E-state index contributed by atoms with van der Waals surface area (Å²) in [6, 6.07) is 5.72. The van der Waals surface area contributed by atoms with Gasteiger partial charge in [-0.3, -0.25) is 19.3 Å². The fraction of sp³-hybridized carbons (Fsp3) is 0.526. The Hall–Kier alpha value is -2.41. The van der Waals surface area contributed by atoms with E-state index < -0.39 is 0 Å². The van der Waals surface area contributed by atoms with Crippen molar-refractivity contribution >= 4 is 23.4 Å². The van der Waals surface area contributed by atoms with Crippen molar-refractivity contribution in [3.05, 3.63) is 29.3 Å². The Balaban J connectivity index is 1.71. The first-order valence-corrected chi connectivity index (χ1v) is 8.97. The number of piperidine rings is 1. The highest BCUT2D eigenvalue weighted by molar-refractivity contribution is 5.95. The molecular weight excluding hydrogens is 332 g/mol. The molecule has 7 heteroatoms. The summed E-state index contributed by atoms with van der Waals surface area (Å²) in [7, 11) is 1.64. The number of nitrogens with one attached hydrogen (secondary N) is 3. The Morgan fingerprint density at radius 2 is 1.81 bits per heavy atom. The summed E-state index contributed by atoms with van der Waals surface area (Å²) in [4.78, 5) is 37.7. The summed E-state index contributed by atoms with van der Waals surface area (Å²) in [6.45, 7) is 5.55. The molecule has 1 aromatic carbocycles. The Labute approximate surface area is 154 Å². The van der Waals surface area contributed by atoms with E-state index in [1.54, 1.807) is 7.05 Å². The lowest BCUT2D eigenvalue weighted by Crippen LogP contribution is -2.45. The second-order valence-corrected chi connectivity index (χ2v) is 6.74. The molecule has 1 fully saturated rings. The smallest absolute Gasteiger partial charge is 0.243 e. The quantitative estimate of drug-likeness (QED) is 0.700. The van der Waals surface area contributed by atoms with E-state index in [4.69, 9.17) is 0 Å². The van der Waals surface area contributed by atoms with Crippen LogP contribution in [0.25, 0.3) is 0 Å². The van der Waals surface area contributed by atoms with Crippen LogP contribution >= 0.6 is 0 Å². The van der Waals surface area contributed by atoms with Crippen LogP contribution in [-0.2, 0) is 14.4 Å². The van der Waals surface area contributed by atoms with E-state index in [1.165, 1.54) is 0 Å². The van der Waals surface area contributed by atoms with Crippen LogP contribution in [0.15, 0.2) is 18.2 Å². The average molecular weight is 360 g/mol. The summed E-state index contributed by atoms with van der Waals surface area (Å²) in [5, 5.41) is 8.15. The molecule has 0 atom stereocenters. The van der Waals surface area contributed by atoms with E-state index in [0.717, 1.165) is 29.7 Å². The van der Waals surface area contributed by atoms with Crippen molar-refractivity contribution in [1.82, 2.24) is 15.5 Å². The number of hydrogen-bond donors (Lipinski definition) is 3. The van der Waals surface area contributed by atoms with Gasteiger partial charge in [-0.25, -0.2) is 0 Å². The van der Waals surface area contributed by atoms with Crippen LogP contribution in [-0.4, -0.2) is 55.8 Å². The molecule has 26 heavy (non-hydrogen) atoms. The van der Waals surface area contributed by atoms with E-state index in [9.17, 15) is 14.4 Å². The van der Waals surface area contributed by atoms with Gasteiger partial charge in [-0.15, -0.1) is 0 Å². The van der Waals surface area contributed by atoms with Gasteiger partial charge in [-0.1, -0.05) is 12.1 Å². The lowest BCUT2D eigenvalue weighted by molar-refractivity contribution is -0.127. The number of likely N-dealkylation sites (tertiary alicyclic amines) is 1. The van der Waals surface area contributed by atoms with Gasteiger partial charge in [0.25, 0.3) is 0 Å². The highest BCUT2D eigenvalue weighted by atomic mass is 16.2. The highest BCUT2D eigenvalue weighted by Gasteiger charge is 2.25. The van der Waals surface area contributed by atoms with E-state index in [1.807, 2.05) is 36.9 Å². The van der Waals surface area contributed by atoms with Gasteiger partial charge in [0.05, 0.1) is 13.1 Å². The van der Waals surface area contributed by atoms with Crippen molar-refractivity contribution in [3.63, 3.8) is 0 Å². The molecule has 1 aliphatic heterocycles. The number of nitrogens with zero attached hydrogens (tertiary/aromatic N) is 1. The second kappa shape index (κ2) is 9.33. The number of benzene rings is 1. The van der Waals surface area contributed by atoms with Crippen molar-refractivity contribution in [3.8, 4) is 0 Å². The molecule has 0 spiro atoms. The van der Waals surface area contributed by atoms with Crippen LogP contribution in [0.2, 0.25) is 0 Å². The minimum atomic E-state index is -0.245. The number of amides is 3. The molecule has 142 valence electrons. The van der Waals surface area contributed by atoms with Crippen LogP contribution < -0.4 is 16.0 Å². The molecule has 0 saturated carbocycles. The maximum absolute atomic E-state index is 12.0. The Kier molecular flexibility index (Phi) is 7.15. The standard InChI is InChI=1S/C19H28N4O3/c1-13-5-4-6-16(14(13)2)22-17(24)11-21-18(25)12-23-9-7-15(8-10-23)19(26)20-3/h4-6,15H,7-12H2,1-3H3,(H,20,26)(H,21,25)(H,22,24). The second-order valence-electron chi connectivity index (χ2n) is 6.74. The van der Waals surface area contributed by atoms with Crippen LogP contribution in [0, 0.1) is 19.8 Å². The number of anilines is 1. The van der Waals surface area contributed by atoms with Crippen molar-refractivity contribution in [2.75, 3.05) is 38.5 Å². The topological polar surface area (TPSA) is 90.5 Å². The fourth-order valence-corrected chi connectivity index (χ4v) is 3.08. The zero-order valence-corrected chi connectivity index (χ0v) is 15.7. The zero-order valence-electron chi connectivity index (χ0n) is 15.7. The molecule has 3 N–H and O–H groups in total. The number of aryl methyl sites for hydroxylation is 1. The molecule has 0 aliphatic carbocycles. The van der Waals surface area contributed by atoms with Crippen LogP contribution in [0.1, 0.15) is 24.0 Å². The van der Waals surface area contributed by atoms with Gasteiger partial charge < -0.3 is 16.0 Å². The number of carbonyl (C=O) groups excluding carboxylic acids is 3. The van der Waals surface area contributed by atoms with Gasteiger partial charge in [0.1, 0.15) is 0 Å². The van der Waals surface area contributed by atoms with E-state index >= 15 is 0 Å². The Morgan fingerprint density at radius 3 is 2.46 bits per heavy atom. The average Bonchev–Trinajstić information content (AvgIpc) is 2.64. The monoisotopic (exact) mass is 360 g/mol. The predicted molar refractivity (Wildman–Crippen MR) is 101 cm³/mol. The van der Waals surface area contributed by atoms with Gasteiger partial charge >= 0.3 is 0 Å². The third kappa shape index (κ3) is 5.56. The van der Waals surface area contributed by atoms with Crippen molar-refractivity contribution in [2.24, 2.45) is 5.92 Å². The highest BCUT2D eigenvalue weighted by Crippen LogP contribution is 2.18. The van der Waals surface area contributed by atoms with Crippen LogP contribution in [0.5, 0.6) is 0 Å². The number of rotatable bonds is 6. The molecule has 1 aromatic rings. The maximum atomic E-state index is 12.0. The van der Waals surface area contributed by atoms with Crippen LogP contribution in [0.3, 0.4) is 0 Å². The molecule has 0 unspecified atom stereocenters. The minimum Gasteiger partial charge on any atom is -0.359 e. The van der Waals surface area contributed by atoms with Crippen molar-refractivity contribution in [1.29, 1.82) is 0 Å². The van der Waals surface area contributed by atoms with Crippen molar-refractivity contribution < 1.29 is 14.4 Å². The predicted octanol–water partition coefficient (Wildman–Crippen LogP) is 0.816. The normalized spacial score (nSPS) is 15.3. The lowest BCUT2D eigenvalue weighted by atomic mass is 9.96. The maximum Gasteiger partial charge on any atom is 0.243 e. The lowest BCUT2D eigenvalue weighted by Gasteiger charge is -2.30. The summed E-state index contributed by atoms with van der Waals surface area (Å²) in [6.07, 6.45) is 1.50.